The van der Waals surface area contributed by atoms with E-state index in [0.717, 1.165) is 23.9 Å². The van der Waals surface area contributed by atoms with Gasteiger partial charge in [0.25, 0.3) is 0 Å². The number of nitrogens with zero attached hydrogens (tertiary/aromatic N) is 2. The van der Waals surface area contributed by atoms with E-state index in [1.54, 1.807) is 0 Å². The fourth-order valence-corrected chi connectivity index (χ4v) is 2.73. The van der Waals surface area contributed by atoms with Crippen LogP contribution in [0.2, 0.25) is 0 Å². The lowest BCUT2D eigenvalue weighted by Gasteiger charge is -2.14. The summed E-state index contributed by atoms with van der Waals surface area (Å²) in [6, 6.07) is 4.50. The summed E-state index contributed by atoms with van der Waals surface area (Å²) in [7, 11) is 0. The van der Waals surface area contributed by atoms with Crippen LogP contribution in [0.3, 0.4) is 0 Å². The Morgan fingerprint density at radius 2 is 1.35 bits per heavy atom. The average molecular weight is 248 g/mol. The molecule has 2 atom stereocenters. The lowest BCUT2D eigenvalue weighted by atomic mass is 9.91. The van der Waals surface area contributed by atoms with Crippen molar-refractivity contribution in [3.8, 4) is 0 Å². The van der Waals surface area contributed by atoms with Crippen molar-refractivity contribution in [2.45, 2.75) is 52.4 Å². The molecule has 0 aliphatic heterocycles. The minimum atomic E-state index is 0.562. The number of aromatic nitrogens is 2. The average Bonchev–Trinajstić information content (AvgIpc) is 2.84. The Morgan fingerprint density at radius 1 is 0.941 bits per heavy atom. The Kier molecular flexibility index (Phi) is 3.77. The van der Waals surface area contributed by atoms with Crippen LogP contribution in [0.4, 0.5) is 0 Å². The van der Waals surface area contributed by atoms with E-state index in [2.05, 4.69) is 48.6 Å². The monoisotopic (exact) mass is 248 g/mol. The quantitative estimate of drug-likeness (QED) is 0.782. The van der Waals surface area contributed by atoms with Gasteiger partial charge in [0.1, 0.15) is 11.0 Å². The maximum atomic E-state index is 4.50. The normalized spacial score (nSPS) is 15.1. The van der Waals surface area contributed by atoms with Crippen LogP contribution in [0.5, 0.6) is 0 Å². The molecule has 0 bridgehead atoms. The van der Waals surface area contributed by atoms with Gasteiger partial charge in [-0.2, -0.15) is 8.75 Å². The van der Waals surface area contributed by atoms with Gasteiger partial charge in [0.15, 0.2) is 0 Å². The second-order valence-electron chi connectivity index (χ2n) is 4.82. The van der Waals surface area contributed by atoms with Gasteiger partial charge < -0.3 is 0 Å². The molecule has 0 saturated carbocycles. The summed E-state index contributed by atoms with van der Waals surface area (Å²) in [4.78, 5) is 0. The fourth-order valence-electron chi connectivity index (χ4n) is 2.14. The standard InChI is InChI=1S/C14H20N2S/c1-5-9(3)11-7-8-12(10(4)6-2)14-13(11)15-17-16-14/h7-10H,5-6H2,1-4H3. The molecule has 0 fully saturated rings. The molecule has 0 aliphatic carbocycles. The lowest BCUT2D eigenvalue weighted by molar-refractivity contribution is 0.727. The minimum absolute atomic E-state index is 0.562. The van der Waals surface area contributed by atoms with E-state index < -0.39 is 0 Å². The van der Waals surface area contributed by atoms with Crippen LogP contribution in [-0.2, 0) is 0 Å². The molecule has 0 aliphatic rings. The smallest absolute Gasteiger partial charge is 0.108 e. The van der Waals surface area contributed by atoms with E-state index in [4.69, 9.17) is 0 Å². The molecule has 17 heavy (non-hydrogen) atoms. The first-order valence-electron chi connectivity index (χ1n) is 6.44. The van der Waals surface area contributed by atoms with Gasteiger partial charge in [-0.05, 0) is 35.8 Å². The molecule has 2 rings (SSSR count). The summed E-state index contributed by atoms with van der Waals surface area (Å²) < 4.78 is 8.99. The molecule has 1 aromatic carbocycles. The molecule has 0 spiro atoms. The molecule has 1 aromatic heterocycles. The van der Waals surface area contributed by atoms with Gasteiger partial charge in [0.2, 0.25) is 0 Å². The van der Waals surface area contributed by atoms with E-state index in [0.29, 0.717) is 11.8 Å². The molecule has 0 saturated heterocycles. The minimum Gasteiger partial charge on any atom is -0.173 e. The lowest BCUT2D eigenvalue weighted by Crippen LogP contribution is -1.98. The van der Waals surface area contributed by atoms with Gasteiger partial charge in [0, 0.05) is 0 Å². The number of hydrogen-bond donors (Lipinski definition) is 0. The molecule has 2 nitrogen and oxygen atoms in total. The molecule has 2 unspecified atom stereocenters. The largest absolute Gasteiger partial charge is 0.173 e. The molecule has 1 heterocycles. The van der Waals surface area contributed by atoms with Crippen molar-refractivity contribution in [2.24, 2.45) is 0 Å². The number of hydrogen-bond acceptors (Lipinski definition) is 3. The topological polar surface area (TPSA) is 25.8 Å². The first-order valence-corrected chi connectivity index (χ1v) is 7.17. The molecule has 0 radical (unpaired) electrons. The van der Waals surface area contributed by atoms with E-state index in [1.807, 2.05) is 0 Å². The summed E-state index contributed by atoms with van der Waals surface area (Å²) in [5.74, 6) is 1.12. The summed E-state index contributed by atoms with van der Waals surface area (Å²) in [6.45, 7) is 8.96. The third-order valence-electron chi connectivity index (χ3n) is 3.76. The van der Waals surface area contributed by atoms with Gasteiger partial charge in [-0.15, -0.1) is 0 Å². The van der Waals surface area contributed by atoms with E-state index in [-0.39, 0.29) is 0 Å². The molecule has 0 N–H and O–H groups in total. The molecule has 2 aromatic rings. The van der Waals surface area contributed by atoms with Crippen molar-refractivity contribution < 1.29 is 0 Å². The first-order chi connectivity index (χ1) is 8.19. The highest BCUT2D eigenvalue weighted by Crippen LogP contribution is 2.32. The number of rotatable bonds is 4. The maximum absolute atomic E-state index is 4.50. The predicted octanol–water partition coefficient (Wildman–Crippen LogP) is 4.72. The van der Waals surface area contributed by atoms with Crippen LogP contribution in [0.25, 0.3) is 11.0 Å². The van der Waals surface area contributed by atoms with Crippen LogP contribution < -0.4 is 0 Å². The molecule has 3 heteroatoms. The fraction of sp³-hybridized carbons (Fsp3) is 0.571. The second-order valence-corrected chi connectivity index (χ2v) is 5.35. The molecule has 92 valence electrons. The van der Waals surface area contributed by atoms with Crippen molar-refractivity contribution in [3.05, 3.63) is 23.3 Å². The zero-order chi connectivity index (χ0) is 12.4. The molecular weight excluding hydrogens is 228 g/mol. The van der Waals surface area contributed by atoms with Crippen LogP contribution in [0.1, 0.15) is 63.5 Å². The highest BCUT2D eigenvalue weighted by atomic mass is 32.1. The maximum Gasteiger partial charge on any atom is 0.108 e. The highest BCUT2D eigenvalue weighted by molar-refractivity contribution is 7.00. The third-order valence-corrected chi connectivity index (χ3v) is 4.29. The summed E-state index contributed by atoms with van der Waals surface area (Å²) >= 11 is 1.34. The molecule has 0 amide bonds. The Labute approximate surface area is 107 Å². The van der Waals surface area contributed by atoms with Crippen molar-refractivity contribution in [1.82, 2.24) is 8.75 Å². The SMILES string of the molecule is CCC(C)c1ccc(C(C)CC)c2nsnc12. The van der Waals surface area contributed by atoms with Gasteiger partial charge >= 0.3 is 0 Å². The zero-order valence-corrected chi connectivity index (χ0v) is 11.8. The summed E-state index contributed by atoms with van der Waals surface area (Å²) in [5.41, 5.74) is 4.95. The van der Waals surface area contributed by atoms with E-state index in [1.165, 1.54) is 22.9 Å². The summed E-state index contributed by atoms with van der Waals surface area (Å²) in [5, 5.41) is 0. The Morgan fingerprint density at radius 3 is 1.71 bits per heavy atom. The highest BCUT2D eigenvalue weighted by Gasteiger charge is 2.16. The Balaban J connectivity index is 2.58. The van der Waals surface area contributed by atoms with Gasteiger partial charge in [0.05, 0.1) is 11.7 Å². The van der Waals surface area contributed by atoms with Crippen LogP contribution in [0.15, 0.2) is 12.1 Å². The predicted molar refractivity (Wildman–Crippen MR) is 74.8 cm³/mol. The number of fused-ring (bicyclic) bond motifs is 1. The van der Waals surface area contributed by atoms with Gasteiger partial charge in [-0.25, -0.2) is 0 Å². The third kappa shape index (κ3) is 2.21. The number of benzene rings is 1. The van der Waals surface area contributed by atoms with Crippen molar-refractivity contribution >= 4 is 22.8 Å². The van der Waals surface area contributed by atoms with Crippen molar-refractivity contribution in [3.63, 3.8) is 0 Å². The van der Waals surface area contributed by atoms with Crippen molar-refractivity contribution in [2.75, 3.05) is 0 Å². The Hall–Kier alpha value is -0.960. The Bertz CT molecular complexity index is 460. The van der Waals surface area contributed by atoms with Crippen LogP contribution in [0, 0.1) is 0 Å². The zero-order valence-electron chi connectivity index (χ0n) is 11.0. The van der Waals surface area contributed by atoms with Gasteiger partial charge in [-0.1, -0.05) is 39.8 Å². The second kappa shape index (κ2) is 5.13. The van der Waals surface area contributed by atoms with E-state index >= 15 is 0 Å². The molecular formula is C14H20N2S. The van der Waals surface area contributed by atoms with Crippen molar-refractivity contribution in [1.29, 1.82) is 0 Å². The first kappa shape index (κ1) is 12.5. The van der Waals surface area contributed by atoms with Gasteiger partial charge in [-0.3, -0.25) is 0 Å². The van der Waals surface area contributed by atoms with Crippen LogP contribution in [-0.4, -0.2) is 8.75 Å². The van der Waals surface area contributed by atoms with Crippen LogP contribution >= 0.6 is 11.7 Å². The van der Waals surface area contributed by atoms with E-state index in [9.17, 15) is 0 Å². The summed E-state index contributed by atoms with van der Waals surface area (Å²) in [6.07, 6.45) is 2.30.